The van der Waals surface area contributed by atoms with Gasteiger partial charge in [0.05, 0.1) is 0 Å². The van der Waals surface area contributed by atoms with Gasteiger partial charge in [-0.3, -0.25) is 10.1 Å². The summed E-state index contributed by atoms with van der Waals surface area (Å²) < 4.78 is 0. The van der Waals surface area contributed by atoms with E-state index in [9.17, 15) is 4.79 Å². The monoisotopic (exact) mass is 267 g/mol. The van der Waals surface area contributed by atoms with Gasteiger partial charge in [-0.25, -0.2) is 9.98 Å². The molecule has 0 saturated carbocycles. The lowest BCUT2D eigenvalue weighted by atomic mass is 10.2. The summed E-state index contributed by atoms with van der Waals surface area (Å²) >= 11 is 0. The van der Waals surface area contributed by atoms with Crippen LogP contribution in [0.15, 0.2) is 35.2 Å². The Morgan fingerprint density at radius 1 is 1.35 bits per heavy atom. The van der Waals surface area contributed by atoms with E-state index in [0.29, 0.717) is 11.7 Å². The summed E-state index contributed by atoms with van der Waals surface area (Å²) in [4.78, 5) is 25.7. The van der Waals surface area contributed by atoms with Crippen molar-refractivity contribution in [3.05, 3.63) is 35.8 Å². The molecule has 2 aromatic heterocycles. The molecule has 1 amide bonds. The molecule has 0 aromatic carbocycles. The van der Waals surface area contributed by atoms with Crippen molar-refractivity contribution in [3.8, 4) is 0 Å². The number of aliphatic imine (C=N–C) groups is 1. The molecular formula is C14H13N5O. The number of carbonyl (C=O) groups is 1. The van der Waals surface area contributed by atoms with Gasteiger partial charge in [0.2, 0.25) is 5.96 Å². The molecule has 1 saturated heterocycles. The van der Waals surface area contributed by atoms with Crippen LogP contribution in [-0.2, 0) is 4.79 Å². The molecule has 6 heteroatoms. The van der Waals surface area contributed by atoms with Crippen LogP contribution in [0, 0.1) is 0 Å². The summed E-state index contributed by atoms with van der Waals surface area (Å²) in [6.45, 7) is 1.92. The van der Waals surface area contributed by atoms with Gasteiger partial charge in [0, 0.05) is 36.4 Å². The van der Waals surface area contributed by atoms with E-state index in [1.165, 1.54) is 0 Å². The van der Waals surface area contributed by atoms with Gasteiger partial charge in [0.1, 0.15) is 11.3 Å². The lowest BCUT2D eigenvalue weighted by Crippen LogP contribution is -2.47. The number of likely N-dealkylation sites (tertiary alicyclic amines) is 1. The van der Waals surface area contributed by atoms with Crippen molar-refractivity contribution in [1.29, 1.82) is 0 Å². The zero-order valence-corrected chi connectivity index (χ0v) is 10.8. The topological polar surface area (TPSA) is 73.4 Å². The second-order valence-corrected chi connectivity index (χ2v) is 4.90. The first kappa shape index (κ1) is 11.2. The van der Waals surface area contributed by atoms with E-state index in [1.54, 1.807) is 12.3 Å². The molecule has 2 N–H and O–H groups in total. The summed E-state index contributed by atoms with van der Waals surface area (Å²) in [5.74, 6) is 0.524. The van der Waals surface area contributed by atoms with E-state index < -0.39 is 0 Å². The van der Waals surface area contributed by atoms with Crippen molar-refractivity contribution in [3.63, 3.8) is 0 Å². The Morgan fingerprint density at radius 3 is 3.05 bits per heavy atom. The van der Waals surface area contributed by atoms with Crippen molar-refractivity contribution >= 4 is 29.0 Å². The second kappa shape index (κ2) is 4.19. The zero-order chi connectivity index (χ0) is 13.5. The predicted octanol–water partition coefficient (Wildman–Crippen LogP) is 1.10. The molecule has 0 atom stereocenters. The fraction of sp³-hybridized carbons (Fsp3) is 0.214. The Balaban J connectivity index is 1.72. The van der Waals surface area contributed by atoms with E-state index in [-0.39, 0.29) is 5.91 Å². The summed E-state index contributed by atoms with van der Waals surface area (Å²) in [5, 5.41) is 3.80. The van der Waals surface area contributed by atoms with E-state index in [2.05, 4.69) is 25.2 Å². The molecule has 20 heavy (non-hydrogen) atoms. The standard InChI is InChI=1S/C14H13N5O/c20-13-11(17-14(18-13)19-5-2-6-19)7-9-8-16-12-10(9)3-1-4-15-12/h1,3-4,7-8H,2,5-6H2,(H,15,16)(H,17,18,20). The molecule has 2 aliphatic heterocycles. The number of hydrogen-bond donors (Lipinski definition) is 2. The van der Waals surface area contributed by atoms with Gasteiger partial charge < -0.3 is 9.88 Å². The molecule has 2 aliphatic rings. The van der Waals surface area contributed by atoms with Gasteiger partial charge in [-0.05, 0) is 24.6 Å². The van der Waals surface area contributed by atoms with E-state index in [4.69, 9.17) is 0 Å². The molecule has 100 valence electrons. The first-order valence-corrected chi connectivity index (χ1v) is 6.60. The number of aromatic amines is 1. The number of hydrogen-bond acceptors (Lipinski definition) is 4. The number of carbonyl (C=O) groups excluding carboxylic acids is 1. The van der Waals surface area contributed by atoms with Crippen molar-refractivity contribution in [1.82, 2.24) is 20.2 Å². The molecule has 4 rings (SSSR count). The number of pyridine rings is 1. The molecule has 6 nitrogen and oxygen atoms in total. The van der Waals surface area contributed by atoms with E-state index in [1.807, 2.05) is 18.3 Å². The number of amides is 1. The highest BCUT2D eigenvalue weighted by Crippen LogP contribution is 2.21. The predicted molar refractivity (Wildman–Crippen MR) is 75.8 cm³/mol. The normalized spacial score (nSPS) is 20.2. The smallest absolute Gasteiger partial charge is 0.276 e. The highest BCUT2D eigenvalue weighted by atomic mass is 16.2. The third-order valence-electron chi connectivity index (χ3n) is 3.62. The van der Waals surface area contributed by atoms with Crippen LogP contribution >= 0.6 is 0 Å². The van der Waals surface area contributed by atoms with Crippen molar-refractivity contribution < 1.29 is 4.79 Å². The number of nitrogens with one attached hydrogen (secondary N) is 2. The Bertz CT molecular complexity index is 754. The minimum Gasteiger partial charge on any atom is -0.346 e. The summed E-state index contributed by atoms with van der Waals surface area (Å²) in [6, 6.07) is 3.85. The number of rotatable bonds is 1. The minimum absolute atomic E-state index is 0.148. The van der Waals surface area contributed by atoms with Crippen LogP contribution in [0.1, 0.15) is 12.0 Å². The molecule has 0 spiro atoms. The molecule has 2 aromatic rings. The molecule has 0 unspecified atom stereocenters. The van der Waals surface area contributed by atoms with Crippen LogP contribution in [0.2, 0.25) is 0 Å². The third kappa shape index (κ3) is 1.69. The number of fused-ring (bicyclic) bond motifs is 1. The van der Waals surface area contributed by atoms with E-state index in [0.717, 1.165) is 36.1 Å². The molecule has 1 fully saturated rings. The van der Waals surface area contributed by atoms with Crippen LogP contribution in [-0.4, -0.2) is 39.8 Å². The average molecular weight is 267 g/mol. The van der Waals surface area contributed by atoms with Gasteiger partial charge in [-0.1, -0.05) is 0 Å². The fourth-order valence-electron chi connectivity index (χ4n) is 2.38. The largest absolute Gasteiger partial charge is 0.346 e. The third-order valence-corrected chi connectivity index (χ3v) is 3.62. The Morgan fingerprint density at radius 2 is 2.25 bits per heavy atom. The summed E-state index contributed by atoms with van der Waals surface area (Å²) in [5.41, 5.74) is 2.17. The minimum atomic E-state index is -0.148. The summed E-state index contributed by atoms with van der Waals surface area (Å²) in [6.07, 6.45) is 6.53. The average Bonchev–Trinajstić information content (AvgIpc) is 2.94. The van der Waals surface area contributed by atoms with Gasteiger partial charge in [-0.2, -0.15) is 0 Å². The lowest BCUT2D eigenvalue weighted by molar-refractivity contribution is -0.115. The second-order valence-electron chi connectivity index (χ2n) is 4.90. The molecule has 4 heterocycles. The van der Waals surface area contributed by atoms with Crippen molar-refractivity contribution in [2.75, 3.05) is 13.1 Å². The van der Waals surface area contributed by atoms with Gasteiger partial charge >= 0.3 is 0 Å². The maximum atomic E-state index is 11.9. The van der Waals surface area contributed by atoms with Crippen LogP contribution in [0.3, 0.4) is 0 Å². The molecule has 0 bridgehead atoms. The first-order valence-electron chi connectivity index (χ1n) is 6.60. The lowest BCUT2D eigenvalue weighted by Gasteiger charge is -2.31. The van der Waals surface area contributed by atoms with Gasteiger partial charge in [-0.15, -0.1) is 0 Å². The number of aromatic nitrogens is 2. The highest BCUT2D eigenvalue weighted by Gasteiger charge is 2.27. The van der Waals surface area contributed by atoms with Crippen LogP contribution in [0.5, 0.6) is 0 Å². The van der Waals surface area contributed by atoms with Crippen molar-refractivity contribution in [2.24, 2.45) is 4.99 Å². The van der Waals surface area contributed by atoms with Crippen molar-refractivity contribution in [2.45, 2.75) is 6.42 Å². The fourth-order valence-corrected chi connectivity index (χ4v) is 2.38. The SMILES string of the molecule is O=C1NC(N2CCC2)=NC1=Cc1c[nH]c2ncccc12. The molecular weight excluding hydrogens is 254 g/mol. The Labute approximate surface area is 115 Å². The van der Waals surface area contributed by atoms with Crippen LogP contribution < -0.4 is 5.32 Å². The van der Waals surface area contributed by atoms with Gasteiger partial charge in [0.15, 0.2) is 0 Å². The van der Waals surface area contributed by atoms with Gasteiger partial charge in [0.25, 0.3) is 5.91 Å². The Kier molecular flexibility index (Phi) is 2.35. The summed E-state index contributed by atoms with van der Waals surface area (Å²) in [7, 11) is 0. The molecule has 0 radical (unpaired) electrons. The van der Waals surface area contributed by atoms with Crippen LogP contribution in [0.25, 0.3) is 17.1 Å². The number of guanidine groups is 1. The van der Waals surface area contributed by atoms with E-state index >= 15 is 0 Å². The molecule has 0 aliphatic carbocycles. The highest BCUT2D eigenvalue weighted by molar-refractivity contribution is 6.14. The maximum Gasteiger partial charge on any atom is 0.276 e. The number of H-pyrrole nitrogens is 1. The first-order chi connectivity index (χ1) is 9.81. The quantitative estimate of drug-likeness (QED) is 0.760. The Hall–Kier alpha value is -2.63. The van der Waals surface area contributed by atoms with Crippen LogP contribution in [0.4, 0.5) is 0 Å². The number of nitrogens with zero attached hydrogens (tertiary/aromatic N) is 3. The maximum absolute atomic E-state index is 11.9. The zero-order valence-electron chi connectivity index (χ0n) is 10.8.